The maximum absolute atomic E-state index is 12.7. The number of rotatable bonds is 2. The molecule has 0 atom stereocenters. The molecule has 4 nitrogen and oxygen atoms in total. The molecule has 1 aliphatic rings. The Balaban J connectivity index is 1.84. The van der Waals surface area contributed by atoms with Gasteiger partial charge in [-0.15, -0.1) is 0 Å². The molecular weight excluding hydrogens is 335 g/mol. The van der Waals surface area contributed by atoms with Crippen molar-refractivity contribution >= 4 is 23.2 Å². The fourth-order valence-corrected chi connectivity index (χ4v) is 2.34. The van der Waals surface area contributed by atoms with Crippen LogP contribution in [0, 0.1) is 0 Å². The van der Waals surface area contributed by atoms with Crippen LogP contribution in [-0.2, 0) is 6.18 Å². The number of halogens is 4. The van der Waals surface area contributed by atoms with Crippen LogP contribution in [0.1, 0.15) is 15.9 Å². The summed E-state index contributed by atoms with van der Waals surface area (Å²) < 4.78 is 48.3. The summed E-state index contributed by atoms with van der Waals surface area (Å²) in [6.45, 7) is -0.00620. The lowest BCUT2D eigenvalue weighted by molar-refractivity contribution is -0.137. The number of benzene rings is 2. The van der Waals surface area contributed by atoms with Crippen LogP contribution in [0.5, 0.6) is 11.5 Å². The van der Waals surface area contributed by atoms with E-state index in [0.717, 1.165) is 12.1 Å². The number of hydrogen-bond donors (Lipinski definition) is 1. The van der Waals surface area contributed by atoms with Crippen molar-refractivity contribution in [2.24, 2.45) is 0 Å². The summed E-state index contributed by atoms with van der Waals surface area (Å²) in [5, 5.41) is 2.58. The van der Waals surface area contributed by atoms with Crippen molar-refractivity contribution in [3.8, 4) is 11.5 Å². The highest BCUT2D eigenvalue weighted by molar-refractivity contribution is 6.32. The van der Waals surface area contributed by atoms with Crippen molar-refractivity contribution in [3.05, 3.63) is 52.5 Å². The van der Waals surface area contributed by atoms with Crippen LogP contribution in [-0.4, -0.2) is 12.7 Å². The first kappa shape index (κ1) is 15.5. The van der Waals surface area contributed by atoms with E-state index in [0.29, 0.717) is 11.5 Å². The van der Waals surface area contributed by atoms with E-state index >= 15 is 0 Å². The maximum atomic E-state index is 12.7. The standard InChI is InChI=1S/C15H9ClF3NO3/c16-11-4-8(5-12-13(11)23-7-22-12)14(21)20-10-3-1-2-9(6-10)15(17,18)19/h1-6H,7H2,(H,20,21). The normalized spacial score (nSPS) is 13.0. The summed E-state index contributed by atoms with van der Waals surface area (Å²) in [7, 11) is 0. The van der Waals surface area contributed by atoms with E-state index in [-0.39, 0.29) is 23.1 Å². The Hall–Kier alpha value is -2.41. The van der Waals surface area contributed by atoms with Crippen molar-refractivity contribution in [1.82, 2.24) is 0 Å². The number of hydrogen-bond acceptors (Lipinski definition) is 3. The number of ether oxygens (including phenoxy) is 2. The Morgan fingerprint density at radius 2 is 1.96 bits per heavy atom. The fourth-order valence-electron chi connectivity index (χ4n) is 2.08. The smallest absolute Gasteiger partial charge is 0.416 e. The van der Waals surface area contributed by atoms with Crippen LogP contribution in [0.3, 0.4) is 0 Å². The van der Waals surface area contributed by atoms with E-state index < -0.39 is 17.6 Å². The third-order valence-electron chi connectivity index (χ3n) is 3.14. The van der Waals surface area contributed by atoms with Crippen molar-refractivity contribution in [3.63, 3.8) is 0 Å². The largest absolute Gasteiger partial charge is 0.454 e. The van der Waals surface area contributed by atoms with Crippen LogP contribution < -0.4 is 14.8 Å². The molecule has 1 amide bonds. The summed E-state index contributed by atoms with van der Waals surface area (Å²) in [5.74, 6) is 0.0403. The summed E-state index contributed by atoms with van der Waals surface area (Å²) in [5.41, 5.74) is -0.672. The highest BCUT2D eigenvalue weighted by atomic mass is 35.5. The molecule has 2 aromatic carbocycles. The zero-order valence-corrected chi connectivity index (χ0v) is 12.2. The maximum Gasteiger partial charge on any atom is 0.416 e. The molecule has 1 aliphatic heterocycles. The molecular formula is C15H9ClF3NO3. The Morgan fingerprint density at radius 3 is 2.70 bits per heavy atom. The summed E-state index contributed by atoms with van der Waals surface area (Å²) in [6, 6.07) is 7.13. The van der Waals surface area contributed by atoms with Gasteiger partial charge in [-0.2, -0.15) is 13.2 Å². The van der Waals surface area contributed by atoms with Gasteiger partial charge in [-0.1, -0.05) is 17.7 Å². The van der Waals surface area contributed by atoms with Crippen molar-refractivity contribution in [2.45, 2.75) is 6.18 Å². The first-order chi connectivity index (χ1) is 10.8. The van der Waals surface area contributed by atoms with E-state index in [1.807, 2.05) is 0 Å². The Bertz CT molecular complexity index is 777. The van der Waals surface area contributed by atoms with Gasteiger partial charge in [-0.3, -0.25) is 4.79 Å². The molecule has 120 valence electrons. The van der Waals surface area contributed by atoms with Gasteiger partial charge < -0.3 is 14.8 Å². The fraction of sp³-hybridized carbons (Fsp3) is 0.133. The SMILES string of the molecule is O=C(Nc1cccc(C(F)(F)F)c1)c1cc(Cl)c2c(c1)OCO2. The quantitative estimate of drug-likeness (QED) is 0.882. The van der Waals surface area contributed by atoms with Gasteiger partial charge in [-0.25, -0.2) is 0 Å². The zero-order valence-electron chi connectivity index (χ0n) is 11.4. The van der Waals surface area contributed by atoms with Crippen LogP contribution in [0.2, 0.25) is 5.02 Å². The van der Waals surface area contributed by atoms with Crippen molar-refractivity contribution in [2.75, 3.05) is 12.1 Å². The van der Waals surface area contributed by atoms with Gasteiger partial charge in [0.05, 0.1) is 10.6 Å². The van der Waals surface area contributed by atoms with Gasteiger partial charge in [0.25, 0.3) is 5.91 Å². The van der Waals surface area contributed by atoms with E-state index in [4.69, 9.17) is 21.1 Å². The van der Waals surface area contributed by atoms with Crippen LogP contribution in [0.15, 0.2) is 36.4 Å². The molecule has 8 heteroatoms. The van der Waals surface area contributed by atoms with Gasteiger partial charge >= 0.3 is 6.18 Å². The minimum Gasteiger partial charge on any atom is -0.454 e. The molecule has 0 unspecified atom stereocenters. The highest BCUT2D eigenvalue weighted by Crippen LogP contribution is 2.40. The van der Waals surface area contributed by atoms with Gasteiger partial charge in [0.15, 0.2) is 11.5 Å². The van der Waals surface area contributed by atoms with E-state index in [9.17, 15) is 18.0 Å². The van der Waals surface area contributed by atoms with Crippen LogP contribution >= 0.6 is 11.6 Å². The van der Waals surface area contributed by atoms with Crippen LogP contribution in [0.25, 0.3) is 0 Å². The third kappa shape index (κ3) is 3.19. The van der Waals surface area contributed by atoms with Crippen molar-refractivity contribution < 1.29 is 27.4 Å². The minimum absolute atomic E-state index is 0.00620. The predicted octanol–water partition coefficient (Wildman–Crippen LogP) is 4.34. The molecule has 0 saturated heterocycles. The zero-order chi connectivity index (χ0) is 16.6. The topological polar surface area (TPSA) is 47.6 Å². The summed E-state index contributed by atoms with van der Waals surface area (Å²) in [4.78, 5) is 12.2. The second-order valence-corrected chi connectivity index (χ2v) is 5.13. The highest BCUT2D eigenvalue weighted by Gasteiger charge is 2.30. The van der Waals surface area contributed by atoms with Crippen LogP contribution in [0.4, 0.5) is 18.9 Å². The number of alkyl halides is 3. The monoisotopic (exact) mass is 343 g/mol. The average molecular weight is 344 g/mol. The molecule has 0 bridgehead atoms. The summed E-state index contributed by atoms with van der Waals surface area (Å²) >= 11 is 5.97. The number of carbonyl (C=O) groups is 1. The van der Waals surface area contributed by atoms with Crippen molar-refractivity contribution in [1.29, 1.82) is 0 Å². The molecule has 0 aliphatic carbocycles. The Labute approximate surface area is 133 Å². The molecule has 1 heterocycles. The van der Waals surface area contributed by atoms with E-state index in [1.165, 1.54) is 24.3 Å². The first-order valence-corrected chi connectivity index (χ1v) is 6.80. The third-order valence-corrected chi connectivity index (χ3v) is 3.42. The van der Waals surface area contributed by atoms with Gasteiger partial charge in [0.1, 0.15) is 0 Å². The lowest BCUT2D eigenvalue weighted by Crippen LogP contribution is -2.13. The second-order valence-electron chi connectivity index (χ2n) is 4.72. The Morgan fingerprint density at radius 1 is 1.17 bits per heavy atom. The van der Waals surface area contributed by atoms with Gasteiger partial charge in [0.2, 0.25) is 6.79 Å². The number of amides is 1. The number of fused-ring (bicyclic) bond motifs is 1. The Kier molecular flexibility index (Phi) is 3.81. The number of nitrogens with one attached hydrogen (secondary N) is 1. The predicted molar refractivity (Wildman–Crippen MR) is 77.0 cm³/mol. The lowest BCUT2D eigenvalue weighted by atomic mass is 10.1. The molecule has 23 heavy (non-hydrogen) atoms. The van der Waals surface area contributed by atoms with E-state index in [2.05, 4.69) is 5.32 Å². The number of anilines is 1. The van der Waals surface area contributed by atoms with Gasteiger partial charge in [0, 0.05) is 11.3 Å². The average Bonchev–Trinajstić information content (AvgIpc) is 2.95. The molecule has 3 rings (SSSR count). The lowest BCUT2D eigenvalue weighted by Gasteiger charge is -2.10. The molecule has 1 N–H and O–H groups in total. The minimum atomic E-state index is -4.48. The van der Waals surface area contributed by atoms with E-state index in [1.54, 1.807) is 0 Å². The van der Waals surface area contributed by atoms with Gasteiger partial charge in [-0.05, 0) is 30.3 Å². The molecule has 2 aromatic rings. The summed E-state index contributed by atoms with van der Waals surface area (Å²) in [6.07, 6.45) is -4.48. The molecule has 0 saturated carbocycles. The second kappa shape index (κ2) is 5.66. The molecule has 0 fully saturated rings. The molecule has 0 spiro atoms. The molecule has 0 aromatic heterocycles. The number of carbonyl (C=O) groups excluding carboxylic acids is 1. The first-order valence-electron chi connectivity index (χ1n) is 6.42. The molecule has 0 radical (unpaired) electrons.